The Kier molecular flexibility index (Phi) is 7.26. The third kappa shape index (κ3) is 5.03. The maximum atomic E-state index is 13.3. The Bertz CT molecular complexity index is 965. The van der Waals surface area contributed by atoms with Gasteiger partial charge >= 0.3 is 0 Å². The average molecular weight is 421 g/mol. The second-order valence-corrected chi connectivity index (χ2v) is 7.82. The lowest BCUT2D eigenvalue weighted by Gasteiger charge is -2.27. The predicted molar refractivity (Wildman–Crippen MR) is 117 cm³/mol. The van der Waals surface area contributed by atoms with Crippen molar-refractivity contribution in [2.45, 2.75) is 12.5 Å². The van der Waals surface area contributed by atoms with Gasteiger partial charge in [-0.3, -0.25) is 9.59 Å². The molecule has 6 heteroatoms. The fourth-order valence-electron chi connectivity index (χ4n) is 3.70. The summed E-state index contributed by atoms with van der Waals surface area (Å²) in [4.78, 5) is 28.6. The van der Waals surface area contributed by atoms with Crippen LogP contribution in [0.1, 0.15) is 23.6 Å². The molecule has 3 rings (SSSR count). The van der Waals surface area contributed by atoms with E-state index in [9.17, 15) is 14.7 Å². The van der Waals surface area contributed by atoms with Crippen LogP contribution in [0.4, 0.5) is 0 Å². The number of quaternary nitrogens is 1. The molecule has 31 heavy (non-hydrogen) atoms. The standard InChI is InChI=1S/C25H28N2O4/c1-4-17-31-20-13-11-19(12-14-20)23(28)21-22(18-9-6-5-7-10-18)27(25(30)24(21)29)16-8-15-26(2)3/h4-7,9-14,22,28H,1,8,15-17H2,2-3H3. The summed E-state index contributed by atoms with van der Waals surface area (Å²) in [5, 5.41) is 13.3. The van der Waals surface area contributed by atoms with Gasteiger partial charge in [0.1, 0.15) is 12.4 Å². The summed E-state index contributed by atoms with van der Waals surface area (Å²) in [5.41, 5.74) is 1.11. The van der Waals surface area contributed by atoms with Crippen molar-refractivity contribution in [1.29, 1.82) is 0 Å². The molecule has 1 fully saturated rings. The third-order valence-electron chi connectivity index (χ3n) is 5.20. The van der Waals surface area contributed by atoms with Crippen molar-refractivity contribution < 1.29 is 24.3 Å². The van der Waals surface area contributed by atoms with Crippen LogP contribution in [0.15, 0.2) is 72.8 Å². The van der Waals surface area contributed by atoms with Crippen molar-refractivity contribution in [1.82, 2.24) is 4.90 Å². The minimum Gasteiger partial charge on any atom is -0.872 e. The number of nitrogens with one attached hydrogen (secondary N) is 1. The van der Waals surface area contributed by atoms with E-state index in [1.54, 1.807) is 30.3 Å². The topological polar surface area (TPSA) is 74.1 Å². The summed E-state index contributed by atoms with van der Waals surface area (Å²) >= 11 is 0. The first kappa shape index (κ1) is 22.3. The maximum Gasteiger partial charge on any atom is 0.295 e. The molecule has 2 aromatic carbocycles. The smallest absolute Gasteiger partial charge is 0.295 e. The molecule has 1 unspecified atom stereocenters. The highest BCUT2D eigenvalue weighted by Crippen LogP contribution is 2.38. The highest BCUT2D eigenvalue weighted by atomic mass is 16.5. The molecule has 0 spiro atoms. The number of ketones is 1. The normalized spacial score (nSPS) is 17.9. The van der Waals surface area contributed by atoms with E-state index in [-0.39, 0.29) is 5.57 Å². The van der Waals surface area contributed by atoms with E-state index in [1.165, 1.54) is 9.80 Å². The molecule has 1 amide bonds. The minimum atomic E-state index is -0.719. The summed E-state index contributed by atoms with van der Waals surface area (Å²) < 4.78 is 5.46. The number of rotatable bonds is 9. The van der Waals surface area contributed by atoms with Gasteiger partial charge in [0.15, 0.2) is 0 Å². The number of Topliss-reactive ketones (excluding diaryl/α,β-unsaturated/α-hetero) is 1. The lowest BCUT2D eigenvalue weighted by Crippen LogP contribution is -3.05. The Labute approximate surface area is 183 Å². The third-order valence-corrected chi connectivity index (χ3v) is 5.20. The Balaban J connectivity index is 2.00. The zero-order valence-corrected chi connectivity index (χ0v) is 18.0. The van der Waals surface area contributed by atoms with Crippen molar-refractivity contribution in [2.24, 2.45) is 0 Å². The highest BCUT2D eigenvalue weighted by Gasteiger charge is 2.43. The molecule has 162 valence electrons. The second-order valence-electron chi connectivity index (χ2n) is 7.82. The van der Waals surface area contributed by atoms with E-state index >= 15 is 0 Å². The fourth-order valence-corrected chi connectivity index (χ4v) is 3.70. The Morgan fingerprint density at radius 3 is 2.42 bits per heavy atom. The first-order valence-corrected chi connectivity index (χ1v) is 10.4. The van der Waals surface area contributed by atoms with Gasteiger partial charge in [-0.25, -0.2) is 0 Å². The Hall–Kier alpha value is -3.38. The van der Waals surface area contributed by atoms with Crippen molar-refractivity contribution in [2.75, 3.05) is 33.8 Å². The SMILES string of the molecule is C=CCOc1ccc(C([O-])=C2C(=O)C(=O)N(CCC[NH+](C)C)C2c2ccccc2)cc1. The number of ether oxygens (including phenoxy) is 1. The summed E-state index contributed by atoms with van der Waals surface area (Å²) in [6.07, 6.45) is 2.37. The van der Waals surface area contributed by atoms with E-state index in [0.29, 0.717) is 24.5 Å². The minimum absolute atomic E-state index is 0.00756. The van der Waals surface area contributed by atoms with Gasteiger partial charge in [-0.1, -0.05) is 60.9 Å². The summed E-state index contributed by atoms with van der Waals surface area (Å²) in [7, 11) is 4.07. The van der Waals surface area contributed by atoms with Crippen molar-refractivity contribution in [3.8, 4) is 5.75 Å². The van der Waals surface area contributed by atoms with Crippen molar-refractivity contribution >= 4 is 17.4 Å². The number of carbonyl (C=O) groups excluding carboxylic acids is 2. The largest absolute Gasteiger partial charge is 0.872 e. The summed E-state index contributed by atoms with van der Waals surface area (Å²) in [6.45, 7) is 5.24. The van der Waals surface area contributed by atoms with E-state index in [4.69, 9.17) is 4.74 Å². The van der Waals surface area contributed by atoms with E-state index < -0.39 is 23.5 Å². The monoisotopic (exact) mass is 420 g/mol. The summed E-state index contributed by atoms with van der Waals surface area (Å²) in [5.74, 6) is -1.16. The number of likely N-dealkylation sites (tertiary alicyclic amines) is 1. The van der Waals surface area contributed by atoms with E-state index in [0.717, 1.165) is 18.5 Å². The Morgan fingerprint density at radius 1 is 1.13 bits per heavy atom. The zero-order chi connectivity index (χ0) is 22.4. The van der Waals surface area contributed by atoms with Gasteiger partial charge in [0.05, 0.1) is 26.7 Å². The van der Waals surface area contributed by atoms with E-state index in [2.05, 4.69) is 6.58 Å². The molecule has 1 atom stereocenters. The van der Waals surface area contributed by atoms with E-state index in [1.807, 2.05) is 44.4 Å². The Morgan fingerprint density at radius 2 is 1.81 bits per heavy atom. The van der Waals surface area contributed by atoms with Crippen LogP contribution in [0.5, 0.6) is 5.75 Å². The number of carbonyl (C=O) groups is 2. The molecule has 6 nitrogen and oxygen atoms in total. The van der Waals surface area contributed by atoms with Crippen LogP contribution in [0.25, 0.3) is 5.76 Å². The average Bonchev–Trinajstić information content (AvgIpc) is 3.03. The van der Waals surface area contributed by atoms with Gasteiger partial charge in [0, 0.05) is 18.5 Å². The van der Waals surface area contributed by atoms with Gasteiger partial charge in [-0.05, 0) is 23.3 Å². The van der Waals surface area contributed by atoms with Gasteiger partial charge < -0.3 is 19.6 Å². The van der Waals surface area contributed by atoms with Crippen molar-refractivity contribution in [3.05, 3.63) is 84.0 Å². The zero-order valence-electron chi connectivity index (χ0n) is 18.0. The summed E-state index contributed by atoms with van der Waals surface area (Å²) in [6, 6.07) is 15.2. The van der Waals surface area contributed by atoms with Crippen LogP contribution >= 0.6 is 0 Å². The lowest BCUT2D eigenvalue weighted by molar-refractivity contribution is -0.858. The second kappa shape index (κ2) is 10.1. The number of benzene rings is 2. The van der Waals surface area contributed by atoms with Crippen LogP contribution in [0, 0.1) is 0 Å². The lowest BCUT2D eigenvalue weighted by atomic mass is 9.95. The number of nitrogens with zero attached hydrogens (tertiary/aromatic N) is 1. The molecule has 0 bridgehead atoms. The first-order chi connectivity index (χ1) is 14.9. The number of amides is 1. The molecular weight excluding hydrogens is 392 g/mol. The van der Waals surface area contributed by atoms with Gasteiger partial charge in [0.25, 0.3) is 5.91 Å². The van der Waals surface area contributed by atoms with Crippen molar-refractivity contribution in [3.63, 3.8) is 0 Å². The molecule has 1 heterocycles. The fraction of sp³-hybridized carbons (Fsp3) is 0.280. The molecule has 0 aromatic heterocycles. The van der Waals surface area contributed by atoms with Crippen LogP contribution in [0.3, 0.4) is 0 Å². The highest BCUT2D eigenvalue weighted by molar-refractivity contribution is 6.46. The van der Waals surface area contributed by atoms with Gasteiger partial charge in [-0.2, -0.15) is 0 Å². The molecule has 1 aliphatic rings. The predicted octanol–water partition coefficient (Wildman–Crippen LogP) is 1.01. The molecule has 1 saturated heterocycles. The molecule has 0 radical (unpaired) electrons. The molecule has 0 saturated carbocycles. The quantitative estimate of drug-likeness (QED) is 0.284. The molecule has 1 N–H and O–H groups in total. The van der Waals surface area contributed by atoms with Gasteiger partial charge in [0.2, 0.25) is 5.78 Å². The molecular formula is C25H28N2O4. The molecule has 1 aliphatic heterocycles. The number of hydrogen-bond acceptors (Lipinski definition) is 4. The van der Waals surface area contributed by atoms with Crippen LogP contribution in [-0.4, -0.2) is 50.4 Å². The van der Waals surface area contributed by atoms with Crippen LogP contribution in [-0.2, 0) is 9.59 Å². The first-order valence-electron chi connectivity index (χ1n) is 10.4. The maximum absolute atomic E-state index is 13.3. The van der Waals surface area contributed by atoms with Gasteiger partial charge in [-0.15, -0.1) is 0 Å². The van der Waals surface area contributed by atoms with Crippen LogP contribution < -0.4 is 14.7 Å². The number of hydrogen-bond donors (Lipinski definition) is 1. The molecule has 0 aliphatic carbocycles. The molecule has 2 aromatic rings. The van der Waals surface area contributed by atoms with Crippen LogP contribution in [0.2, 0.25) is 0 Å².